The smallest absolute Gasteiger partial charge is 0.234 e. The molecule has 0 radical (unpaired) electrons. The fourth-order valence-electron chi connectivity index (χ4n) is 3.76. The lowest BCUT2D eigenvalue weighted by molar-refractivity contribution is -0.140. The maximum atomic E-state index is 12.4. The summed E-state index contributed by atoms with van der Waals surface area (Å²) < 4.78 is 5.14. The van der Waals surface area contributed by atoms with E-state index in [4.69, 9.17) is 9.84 Å². The summed E-state index contributed by atoms with van der Waals surface area (Å²) in [6.07, 6.45) is 9.67. The van der Waals surface area contributed by atoms with E-state index in [0.29, 0.717) is 19.8 Å². The molecule has 1 N–H and O–H groups in total. The molecule has 1 saturated heterocycles. The van der Waals surface area contributed by atoms with Gasteiger partial charge in [0.25, 0.3) is 0 Å². The molecule has 5 heteroatoms. The van der Waals surface area contributed by atoms with E-state index in [1.165, 1.54) is 4.90 Å². The van der Waals surface area contributed by atoms with Crippen molar-refractivity contribution in [2.45, 2.75) is 12.8 Å². The molecule has 21 heavy (non-hydrogen) atoms. The fraction of sp³-hybridized carbons (Fsp3) is 0.625. The highest BCUT2D eigenvalue weighted by Crippen LogP contribution is 2.52. The molecule has 1 aliphatic heterocycles. The minimum Gasteiger partial charge on any atom is -0.394 e. The van der Waals surface area contributed by atoms with E-state index in [9.17, 15) is 9.59 Å². The number of nitrogens with zero attached hydrogens (tertiary/aromatic N) is 1. The third-order valence-corrected chi connectivity index (χ3v) is 4.68. The molecule has 1 saturated carbocycles. The number of carbonyl (C=O) groups is 2. The molecule has 114 valence electrons. The van der Waals surface area contributed by atoms with E-state index < -0.39 is 0 Å². The van der Waals surface area contributed by atoms with Crippen LogP contribution in [0.15, 0.2) is 24.3 Å². The Bertz CT molecular complexity index is 455. The molecule has 2 fully saturated rings. The lowest BCUT2D eigenvalue weighted by Crippen LogP contribution is -2.33. The van der Waals surface area contributed by atoms with Gasteiger partial charge in [0, 0.05) is 6.54 Å². The van der Waals surface area contributed by atoms with E-state index >= 15 is 0 Å². The number of fused-ring (bicyclic) bond motifs is 5. The number of carbonyl (C=O) groups excluding carboxylic acids is 2. The number of rotatable bonds is 7. The standard InChI is InChI=1S/C16H21NO4/c18-7-9-21-8-3-1-2-6-17-15(19)13-11-4-5-12(10-11)14(13)16(17)20/h1-2,4-5,11-14,18H,3,6-10H2. The van der Waals surface area contributed by atoms with E-state index in [1.807, 2.05) is 12.2 Å². The average Bonchev–Trinajstić information content (AvgIpc) is 3.15. The largest absolute Gasteiger partial charge is 0.394 e. The molecule has 3 aliphatic rings. The van der Waals surface area contributed by atoms with Gasteiger partial charge < -0.3 is 9.84 Å². The number of aliphatic hydroxyl groups is 1. The summed E-state index contributed by atoms with van der Waals surface area (Å²) in [4.78, 5) is 26.2. The molecule has 1 heterocycles. The van der Waals surface area contributed by atoms with Crippen LogP contribution in [0.5, 0.6) is 0 Å². The number of aliphatic hydroxyl groups excluding tert-OH is 1. The number of imide groups is 1. The maximum absolute atomic E-state index is 12.4. The van der Waals surface area contributed by atoms with E-state index in [-0.39, 0.29) is 42.1 Å². The predicted molar refractivity (Wildman–Crippen MR) is 76.1 cm³/mol. The SMILES string of the molecule is O=C1C2C3C=CC(C3)C2C(=O)N1CC=CCCOCCO. The minimum absolute atomic E-state index is 0.00281. The quantitative estimate of drug-likeness (QED) is 0.427. The summed E-state index contributed by atoms with van der Waals surface area (Å²) in [6, 6.07) is 0. The number of ether oxygens (including phenoxy) is 1. The van der Waals surface area contributed by atoms with Crippen LogP contribution in [0.1, 0.15) is 12.8 Å². The van der Waals surface area contributed by atoms with Crippen molar-refractivity contribution < 1.29 is 19.4 Å². The molecule has 0 aromatic rings. The lowest BCUT2D eigenvalue weighted by Gasteiger charge is -2.14. The number of likely N-dealkylation sites (tertiary alicyclic amines) is 1. The first-order valence-electron chi connectivity index (χ1n) is 7.61. The first kappa shape index (κ1) is 14.5. The Kier molecular flexibility index (Phi) is 4.22. The molecule has 3 rings (SSSR count). The van der Waals surface area contributed by atoms with Crippen LogP contribution in [0, 0.1) is 23.7 Å². The summed E-state index contributed by atoms with van der Waals surface area (Å²) in [6.45, 7) is 1.28. The summed E-state index contributed by atoms with van der Waals surface area (Å²) >= 11 is 0. The predicted octanol–water partition coefficient (Wildman–Crippen LogP) is 0.749. The molecular weight excluding hydrogens is 270 g/mol. The molecule has 2 amide bonds. The van der Waals surface area contributed by atoms with Gasteiger partial charge in [-0.15, -0.1) is 0 Å². The Labute approximate surface area is 124 Å². The van der Waals surface area contributed by atoms with Gasteiger partial charge in [0.1, 0.15) is 0 Å². The Morgan fingerprint density at radius 1 is 1.14 bits per heavy atom. The highest BCUT2D eigenvalue weighted by Gasteiger charge is 2.58. The van der Waals surface area contributed by atoms with Crippen molar-refractivity contribution >= 4 is 11.8 Å². The van der Waals surface area contributed by atoms with Gasteiger partial charge in [-0.1, -0.05) is 24.3 Å². The molecule has 2 bridgehead atoms. The Morgan fingerprint density at radius 3 is 2.43 bits per heavy atom. The van der Waals surface area contributed by atoms with Crippen LogP contribution < -0.4 is 0 Å². The van der Waals surface area contributed by atoms with Crippen molar-refractivity contribution in [3.63, 3.8) is 0 Å². The van der Waals surface area contributed by atoms with Gasteiger partial charge in [-0.25, -0.2) is 0 Å². The van der Waals surface area contributed by atoms with Gasteiger partial charge in [-0.2, -0.15) is 0 Å². The molecular formula is C16H21NO4. The first-order valence-corrected chi connectivity index (χ1v) is 7.61. The zero-order valence-corrected chi connectivity index (χ0v) is 12.0. The third-order valence-electron chi connectivity index (χ3n) is 4.68. The second kappa shape index (κ2) is 6.12. The van der Waals surface area contributed by atoms with Crippen molar-refractivity contribution in [2.75, 3.05) is 26.4 Å². The minimum atomic E-state index is -0.103. The fourth-order valence-corrected chi connectivity index (χ4v) is 3.76. The number of hydrogen-bond donors (Lipinski definition) is 1. The summed E-state index contributed by atoms with van der Waals surface area (Å²) in [5.74, 6) is 0.350. The van der Waals surface area contributed by atoms with Crippen LogP contribution >= 0.6 is 0 Å². The highest BCUT2D eigenvalue weighted by atomic mass is 16.5. The van der Waals surface area contributed by atoms with Crippen LogP contribution in [-0.4, -0.2) is 48.2 Å². The van der Waals surface area contributed by atoms with E-state index in [2.05, 4.69) is 12.2 Å². The highest BCUT2D eigenvalue weighted by molar-refractivity contribution is 6.06. The summed E-state index contributed by atoms with van der Waals surface area (Å²) in [5.41, 5.74) is 0. The monoisotopic (exact) mass is 291 g/mol. The van der Waals surface area contributed by atoms with E-state index in [1.54, 1.807) is 0 Å². The third kappa shape index (κ3) is 2.56. The number of amides is 2. The lowest BCUT2D eigenvalue weighted by atomic mass is 9.85. The zero-order valence-electron chi connectivity index (χ0n) is 12.0. The summed E-state index contributed by atoms with van der Waals surface area (Å²) in [7, 11) is 0. The van der Waals surface area contributed by atoms with Crippen LogP contribution in [-0.2, 0) is 14.3 Å². The van der Waals surface area contributed by atoms with Crippen LogP contribution in [0.25, 0.3) is 0 Å². The normalized spacial score (nSPS) is 33.7. The Hall–Kier alpha value is -1.46. The Balaban J connectivity index is 1.50. The second-order valence-electron chi connectivity index (χ2n) is 5.88. The Morgan fingerprint density at radius 2 is 1.81 bits per heavy atom. The van der Waals surface area contributed by atoms with Gasteiger partial charge >= 0.3 is 0 Å². The second-order valence-corrected chi connectivity index (χ2v) is 5.88. The van der Waals surface area contributed by atoms with Gasteiger partial charge in [-0.3, -0.25) is 14.5 Å². The van der Waals surface area contributed by atoms with Crippen LogP contribution in [0.3, 0.4) is 0 Å². The molecule has 0 spiro atoms. The van der Waals surface area contributed by atoms with Crippen molar-refractivity contribution in [2.24, 2.45) is 23.7 Å². The molecule has 4 atom stereocenters. The van der Waals surface area contributed by atoms with Crippen LogP contribution in [0.2, 0.25) is 0 Å². The summed E-state index contributed by atoms with van der Waals surface area (Å²) in [5, 5.41) is 8.57. The molecule has 0 aromatic heterocycles. The van der Waals surface area contributed by atoms with Gasteiger partial charge in [0.2, 0.25) is 11.8 Å². The van der Waals surface area contributed by atoms with Gasteiger partial charge in [0.15, 0.2) is 0 Å². The number of allylic oxidation sites excluding steroid dienone is 2. The molecule has 5 nitrogen and oxygen atoms in total. The average molecular weight is 291 g/mol. The van der Waals surface area contributed by atoms with E-state index in [0.717, 1.165) is 12.8 Å². The molecule has 0 aromatic carbocycles. The first-order chi connectivity index (χ1) is 10.2. The zero-order chi connectivity index (χ0) is 14.8. The topological polar surface area (TPSA) is 66.8 Å². The van der Waals surface area contributed by atoms with Crippen molar-refractivity contribution in [3.05, 3.63) is 24.3 Å². The van der Waals surface area contributed by atoms with Crippen molar-refractivity contribution in [1.29, 1.82) is 0 Å². The molecule has 2 aliphatic carbocycles. The molecule has 4 unspecified atom stereocenters. The van der Waals surface area contributed by atoms with Crippen LogP contribution in [0.4, 0.5) is 0 Å². The van der Waals surface area contributed by atoms with Gasteiger partial charge in [-0.05, 0) is 24.7 Å². The maximum Gasteiger partial charge on any atom is 0.234 e. The van der Waals surface area contributed by atoms with Crippen molar-refractivity contribution in [3.8, 4) is 0 Å². The van der Waals surface area contributed by atoms with Crippen molar-refractivity contribution in [1.82, 2.24) is 4.90 Å². The van der Waals surface area contributed by atoms with Gasteiger partial charge in [0.05, 0.1) is 31.7 Å². The number of hydrogen-bond acceptors (Lipinski definition) is 4.